The summed E-state index contributed by atoms with van der Waals surface area (Å²) in [6, 6.07) is 0. The molecule has 0 saturated heterocycles. The predicted molar refractivity (Wildman–Crippen MR) is 57.2 cm³/mol. The van der Waals surface area contributed by atoms with Gasteiger partial charge >= 0.3 is 0 Å². The van der Waals surface area contributed by atoms with E-state index >= 15 is 0 Å². The first-order valence-corrected chi connectivity index (χ1v) is 4.38. The molecule has 0 heteroatoms. The van der Waals surface area contributed by atoms with Gasteiger partial charge < -0.3 is 0 Å². The van der Waals surface area contributed by atoms with Crippen LogP contribution in [0.25, 0.3) is 0 Å². The number of rotatable bonds is 3. The lowest BCUT2D eigenvalue weighted by Gasteiger charge is -2.16. The van der Waals surface area contributed by atoms with Crippen LogP contribution in [0.3, 0.4) is 0 Å². The van der Waals surface area contributed by atoms with Crippen molar-refractivity contribution in [1.29, 1.82) is 0 Å². The van der Waals surface area contributed by atoms with Crippen LogP contribution >= 0.6 is 0 Å². The summed E-state index contributed by atoms with van der Waals surface area (Å²) >= 11 is 0. The Morgan fingerprint density at radius 2 is 1.75 bits per heavy atom. The Labute approximate surface area is 76.7 Å². The van der Waals surface area contributed by atoms with Gasteiger partial charge in [-0.15, -0.1) is 0 Å². The van der Waals surface area contributed by atoms with E-state index in [0.717, 1.165) is 5.57 Å². The molecule has 0 amide bonds. The first-order chi connectivity index (χ1) is 5.39. The molecule has 12 heavy (non-hydrogen) atoms. The van der Waals surface area contributed by atoms with E-state index in [1.165, 1.54) is 5.57 Å². The highest BCUT2D eigenvalue weighted by atomic mass is 14.1. The van der Waals surface area contributed by atoms with E-state index in [0.29, 0.717) is 0 Å². The van der Waals surface area contributed by atoms with Crippen LogP contribution < -0.4 is 0 Å². The molecule has 68 valence electrons. The van der Waals surface area contributed by atoms with E-state index in [2.05, 4.69) is 45.6 Å². The minimum absolute atomic E-state index is 0.151. The predicted octanol–water partition coefficient (Wildman–Crippen LogP) is 4.11. The van der Waals surface area contributed by atoms with Crippen LogP contribution in [0.1, 0.15) is 34.6 Å². The molecule has 0 aliphatic heterocycles. The van der Waals surface area contributed by atoms with E-state index in [1.807, 2.05) is 13.8 Å². The summed E-state index contributed by atoms with van der Waals surface area (Å²) in [6.45, 7) is 14.5. The zero-order chi connectivity index (χ0) is 9.78. The molecule has 0 spiro atoms. The Kier molecular flexibility index (Phi) is 4.02. The molecule has 0 aliphatic rings. The topological polar surface area (TPSA) is 0 Å². The summed E-state index contributed by atoms with van der Waals surface area (Å²) in [6.07, 6.45) is 6.52. The largest absolute Gasteiger partial charge is 0.0959 e. The summed E-state index contributed by atoms with van der Waals surface area (Å²) < 4.78 is 0. The molecule has 0 unspecified atom stereocenters. The maximum atomic E-state index is 3.91. The van der Waals surface area contributed by atoms with Crippen molar-refractivity contribution in [3.8, 4) is 0 Å². The third-order valence-electron chi connectivity index (χ3n) is 1.86. The Morgan fingerprint density at radius 1 is 1.25 bits per heavy atom. The van der Waals surface area contributed by atoms with Gasteiger partial charge in [0, 0.05) is 5.41 Å². The van der Waals surface area contributed by atoms with Gasteiger partial charge in [0.25, 0.3) is 0 Å². The molecule has 0 bridgehead atoms. The van der Waals surface area contributed by atoms with Crippen molar-refractivity contribution in [1.82, 2.24) is 0 Å². The zero-order valence-electron chi connectivity index (χ0n) is 8.94. The van der Waals surface area contributed by atoms with Crippen molar-refractivity contribution >= 4 is 0 Å². The van der Waals surface area contributed by atoms with Crippen molar-refractivity contribution < 1.29 is 0 Å². The SMILES string of the molecule is C=C(C)/C(C)=C/C(C)(C)/C=C/C. The zero-order valence-corrected chi connectivity index (χ0v) is 8.94. The molecular formula is C12H20. The van der Waals surface area contributed by atoms with Gasteiger partial charge in [-0.05, 0) is 20.8 Å². The van der Waals surface area contributed by atoms with Gasteiger partial charge in [0.1, 0.15) is 0 Å². The lowest BCUT2D eigenvalue weighted by atomic mass is 9.89. The second-order valence-electron chi connectivity index (χ2n) is 3.93. The summed E-state index contributed by atoms with van der Waals surface area (Å²) in [5.41, 5.74) is 2.57. The van der Waals surface area contributed by atoms with Gasteiger partial charge in [-0.2, -0.15) is 0 Å². The minimum atomic E-state index is 0.151. The van der Waals surface area contributed by atoms with Crippen LogP contribution in [-0.4, -0.2) is 0 Å². The molecule has 0 aromatic carbocycles. The van der Waals surface area contributed by atoms with E-state index in [9.17, 15) is 0 Å². The van der Waals surface area contributed by atoms with Gasteiger partial charge in [-0.1, -0.05) is 49.8 Å². The van der Waals surface area contributed by atoms with Gasteiger partial charge in [0.15, 0.2) is 0 Å². The Hall–Kier alpha value is -0.780. The fourth-order valence-corrected chi connectivity index (χ4v) is 1.16. The standard InChI is InChI=1S/C12H20/c1-7-8-12(5,6)9-11(4)10(2)3/h7-9H,2H2,1,3-6H3/b8-7+,11-9+. The minimum Gasteiger partial charge on any atom is -0.0959 e. The summed E-state index contributed by atoms with van der Waals surface area (Å²) in [4.78, 5) is 0. The average Bonchev–Trinajstić information content (AvgIpc) is 1.85. The molecular weight excluding hydrogens is 144 g/mol. The quantitative estimate of drug-likeness (QED) is 0.435. The van der Waals surface area contributed by atoms with E-state index < -0.39 is 0 Å². The lowest BCUT2D eigenvalue weighted by molar-refractivity contribution is 0.620. The molecule has 0 fully saturated rings. The van der Waals surface area contributed by atoms with Crippen molar-refractivity contribution in [2.24, 2.45) is 5.41 Å². The molecule has 0 nitrogen and oxygen atoms in total. The second kappa shape index (κ2) is 4.30. The summed E-state index contributed by atoms with van der Waals surface area (Å²) in [5.74, 6) is 0. The molecule has 0 atom stereocenters. The lowest BCUT2D eigenvalue weighted by Crippen LogP contribution is -2.03. The van der Waals surface area contributed by atoms with Crippen LogP contribution in [-0.2, 0) is 0 Å². The normalized spacial score (nSPS) is 13.9. The Balaban J connectivity index is 4.61. The van der Waals surface area contributed by atoms with Gasteiger partial charge in [0.2, 0.25) is 0 Å². The van der Waals surface area contributed by atoms with E-state index in [4.69, 9.17) is 0 Å². The maximum absolute atomic E-state index is 3.91. The summed E-state index contributed by atoms with van der Waals surface area (Å²) in [5, 5.41) is 0. The molecule has 0 N–H and O–H groups in total. The Bertz CT molecular complexity index is 214. The Morgan fingerprint density at radius 3 is 2.08 bits per heavy atom. The highest BCUT2D eigenvalue weighted by Gasteiger charge is 2.09. The summed E-state index contributed by atoms with van der Waals surface area (Å²) in [7, 11) is 0. The van der Waals surface area contributed by atoms with Crippen LogP contribution in [0, 0.1) is 5.41 Å². The third-order valence-corrected chi connectivity index (χ3v) is 1.86. The van der Waals surface area contributed by atoms with Crippen LogP contribution in [0.15, 0.2) is 36.0 Å². The first-order valence-electron chi connectivity index (χ1n) is 4.38. The highest BCUT2D eigenvalue weighted by Crippen LogP contribution is 2.22. The maximum Gasteiger partial charge on any atom is 0.00101 e. The third kappa shape index (κ3) is 4.17. The monoisotopic (exact) mass is 164 g/mol. The highest BCUT2D eigenvalue weighted by molar-refractivity contribution is 5.27. The van der Waals surface area contributed by atoms with Crippen LogP contribution in [0.4, 0.5) is 0 Å². The molecule has 0 aromatic rings. The molecule has 0 saturated carbocycles. The fourth-order valence-electron chi connectivity index (χ4n) is 1.16. The van der Waals surface area contributed by atoms with Gasteiger partial charge in [-0.25, -0.2) is 0 Å². The number of hydrogen-bond donors (Lipinski definition) is 0. The van der Waals surface area contributed by atoms with Gasteiger partial charge in [0.05, 0.1) is 0 Å². The van der Waals surface area contributed by atoms with Crippen LogP contribution in [0.5, 0.6) is 0 Å². The van der Waals surface area contributed by atoms with E-state index in [-0.39, 0.29) is 5.41 Å². The smallest absolute Gasteiger partial charge is 0.00101 e. The molecule has 0 heterocycles. The van der Waals surface area contributed by atoms with Crippen LogP contribution in [0.2, 0.25) is 0 Å². The second-order valence-corrected chi connectivity index (χ2v) is 3.93. The average molecular weight is 164 g/mol. The van der Waals surface area contributed by atoms with Gasteiger partial charge in [-0.3, -0.25) is 0 Å². The molecule has 0 radical (unpaired) electrons. The number of allylic oxidation sites excluding steroid dienone is 5. The van der Waals surface area contributed by atoms with E-state index in [1.54, 1.807) is 0 Å². The first kappa shape index (κ1) is 11.2. The molecule has 0 aromatic heterocycles. The molecule has 0 aliphatic carbocycles. The van der Waals surface area contributed by atoms with Crippen molar-refractivity contribution in [2.45, 2.75) is 34.6 Å². The van der Waals surface area contributed by atoms with Crippen molar-refractivity contribution in [2.75, 3.05) is 0 Å². The van der Waals surface area contributed by atoms with Crippen molar-refractivity contribution in [3.05, 3.63) is 36.0 Å². The van der Waals surface area contributed by atoms with Crippen molar-refractivity contribution in [3.63, 3.8) is 0 Å². The molecule has 0 rings (SSSR count). The number of hydrogen-bond acceptors (Lipinski definition) is 0. The fraction of sp³-hybridized carbons (Fsp3) is 0.500.